The number of carbonyl (C=O) groups excluding carboxylic acids is 2. The number of benzene rings is 2. The van der Waals surface area contributed by atoms with Crippen LogP contribution in [0.5, 0.6) is 5.75 Å². The summed E-state index contributed by atoms with van der Waals surface area (Å²) in [5, 5.41) is 9.04. The van der Waals surface area contributed by atoms with Crippen LogP contribution in [0.3, 0.4) is 0 Å². The van der Waals surface area contributed by atoms with Crippen LogP contribution in [0, 0.1) is 11.7 Å². The molecule has 33 heavy (non-hydrogen) atoms. The van der Waals surface area contributed by atoms with Crippen LogP contribution in [-0.2, 0) is 16.0 Å². The highest BCUT2D eigenvalue weighted by Gasteiger charge is 2.25. The van der Waals surface area contributed by atoms with Gasteiger partial charge in [-0.2, -0.15) is 0 Å². The van der Waals surface area contributed by atoms with Crippen LogP contribution in [-0.4, -0.2) is 38.1 Å². The van der Waals surface area contributed by atoms with E-state index >= 15 is 0 Å². The molecule has 1 fully saturated rings. The monoisotopic (exact) mass is 455 g/mol. The molecule has 3 N–H and O–H groups in total. The highest BCUT2D eigenvalue weighted by Crippen LogP contribution is 2.27. The summed E-state index contributed by atoms with van der Waals surface area (Å²) in [7, 11) is 1.60. The Balaban J connectivity index is 1.52. The molecule has 1 saturated carbocycles. The molecule has 2 aromatic carbocycles. The van der Waals surface area contributed by atoms with Crippen LogP contribution in [0.25, 0.3) is 0 Å². The van der Waals surface area contributed by atoms with E-state index in [2.05, 4.69) is 16.0 Å². The first kappa shape index (κ1) is 24.6. The lowest BCUT2D eigenvalue weighted by Crippen LogP contribution is -2.49. The van der Waals surface area contributed by atoms with Gasteiger partial charge in [-0.1, -0.05) is 44.2 Å². The van der Waals surface area contributed by atoms with Crippen molar-refractivity contribution >= 4 is 17.5 Å². The zero-order chi connectivity index (χ0) is 23.5. The second-order valence-corrected chi connectivity index (χ2v) is 8.61. The van der Waals surface area contributed by atoms with E-state index in [0.717, 1.165) is 29.8 Å². The molecule has 0 aromatic heterocycles. The second-order valence-electron chi connectivity index (χ2n) is 8.61. The van der Waals surface area contributed by atoms with E-state index in [1.165, 1.54) is 31.4 Å². The summed E-state index contributed by atoms with van der Waals surface area (Å²) in [5.74, 6) is 0.575. The Labute approximate surface area is 195 Å². The fraction of sp³-hybridized carbons (Fsp3) is 0.462. The molecule has 6 nitrogen and oxygen atoms in total. The lowest BCUT2D eigenvalue weighted by atomic mass is 9.84. The smallest absolute Gasteiger partial charge is 0.242 e. The van der Waals surface area contributed by atoms with Crippen molar-refractivity contribution in [2.75, 3.05) is 25.5 Å². The van der Waals surface area contributed by atoms with Crippen molar-refractivity contribution in [1.82, 2.24) is 10.6 Å². The first-order valence-corrected chi connectivity index (χ1v) is 11.7. The second kappa shape index (κ2) is 12.8. The van der Waals surface area contributed by atoms with Crippen LogP contribution in [0.4, 0.5) is 10.1 Å². The van der Waals surface area contributed by atoms with Gasteiger partial charge in [0.25, 0.3) is 0 Å². The van der Waals surface area contributed by atoms with E-state index in [1.807, 2.05) is 24.3 Å². The molecule has 1 unspecified atom stereocenters. The third-order valence-corrected chi connectivity index (χ3v) is 6.07. The Kier molecular flexibility index (Phi) is 9.54. The summed E-state index contributed by atoms with van der Waals surface area (Å²) in [4.78, 5) is 25.6. The van der Waals surface area contributed by atoms with Crippen LogP contribution >= 0.6 is 0 Å². The minimum absolute atomic E-state index is 0.162. The molecular weight excluding hydrogens is 421 g/mol. The summed E-state index contributed by atoms with van der Waals surface area (Å²) >= 11 is 0. The van der Waals surface area contributed by atoms with Crippen LogP contribution in [0.2, 0.25) is 0 Å². The maximum Gasteiger partial charge on any atom is 0.242 e. The van der Waals surface area contributed by atoms with Crippen molar-refractivity contribution in [3.8, 4) is 5.75 Å². The van der Waals surface area contributed by atoms with Crippen molar-refractivity contribution in [2.24, 2.45) is 5.92 Å². The first-order valence-electron chi connectivity index (χ1n) is 11.7. The van der Waals surface area contributed by atoms with E-state index in [9.17, 15) is 14.0 Å². The van der Waals surface area contributed by atoms with Gasteiger partial charge in [-0.25, -0.2) is 4.39 Å². The number of anilines is 1. The molecule has 1 atom stereocenters. The van der Waals surface area contributed by atoms with Crippen molar-refractivity contribution in [3.63, 3.8) is 0 Å². The molecule has 1 aliphatic carbocycles. The lowest BCUT2D eigenvalue weighted by Gasteiger charge is -2.26. The molecule has 3 rings (SSSR count). The normalized spacial score (nSPS) is 14.8. The average molecular weight is 456 g/mol. The predicted octanol–water partition coefficient (Wildman–Crippen LogP) is 4.06. The van der Waals surface area contributed by atoms with Crippen LogP contribution in [0.1, 0.15) is 44.1 Å². The van der Waals surface area contributed by atoms with E-state index in [0.29, 0.717) is 25.4 Å². The molecule has 2 amide bonds. The summed E-state index contributed by atoms with van der Waals surface area (Å²) < 4.78 is 18.2. The highest BCUT2D eigenvalue weighted by atomic mass is 19.1. The summed E-state index contributed by atoms with van der Waals surface area (Å²) in [6.07, 6.45) is 6.68. The number of methoxy groups -OCH3 is 1. The maximum atomic E-state index is 13.0. The third kappa shape index (κ3) is 8.40. The third-order valence-electron chi connectivity index (χ3n) is 6.07. The number of hydrogen-bond acceptors (Lipinski definition) is 4. The Morgan fingerprint density at radius 2 is 1.70 bits per heavy atom. The zero-order valence-electron chi connectivity index (χ0n) is 19.2. The molecule has 178 valence electrons. The maximum absolute atomic E-state index is 13.0. The predicted molar refractivity (Wildman–Crippen MR) is 128 cm³/mol. The molecule has 0 heterocycles. The Bertz CT molecular complexity index is 881. The zero-order valence-corrected chi connectivity index (χ0v) is 19.2. The molecule has 2 aromatic rings. The van der Waals surface area contributed by atoms with Gasteiger partial charge in [0, 0.05) is 18.8 Å². The van der Waals surface area contributed by atoms with Gasteiger partial charge < -0.3 is 20.7 Å². The largest absolute Gasteiger partial charge is 0.497 e. The fourth-order valence-electron chi connectivity index (χ4n) is 4.25. The van der Waals surface area contributed by atoms with Gasteiger partial charge in [0.1, 0.15) is 17.6 Å². The quantitative estimate of drug-likeness (QED) is 0.447. The summed E-state index contributed by atoms with van der Waals surface area (Å²) in [5.41, 5.74) is 1.66. The SMILES string of the molecule is COc1ccc(CC(=O)NC(CC2CCCCC2)C(=O)NCCNc2ccc(F)cc2)cc1. The van der Waals surface area contributed by atoms with E-state index in [1.54, 1.807) is 19.2 Å². The number of amides is 2. The van der Waals surface area contributed by atoms with E-state index in [4.69, 9.17) is 4.74 Å². The molecule has 0 radical (unpaired) electrons. The number of carbonyl (C=O) groups is 2. The highest BCUT2D eigenvalue weighted by molar-refractivity contribution is 5.88. The number of hydrogen-bond donors (Lipinski definition) is 3. The standard InChI is InChI=1S/C26H34FN3O3/c1-33-23-13-7-20(8-14-23)18-25(31)30-24(17-19-5-3-2-4-6-19)26(32)29-16-15-28-22-11-9-21(27)10-12-22/h7-14,19,24,28H,2-6,15-18H2,1H3,(H,29,32)(H,30,31). The fourth-order valence-corrected chi connectivity index (χ4v) is 4.25. The first-order chi connectivity index (χ1) is 16.0. The Hall–Kier alpha value is -3.09. The molecule has 0 bridgehead atoms. The number of rotatable bonds is 11. The summed E-state index contributed by atoms with van der Waals surface area (Å²) in [6, 6.07) is 12.9. The molecule has 1 aliphatic rings. The van der Waals surface area contributed by atoms with Crippen molar-refractivity contribution in [1.29, 1.82) is 0 Å². The van der Waals surface area contributed by atoms with Gasteiger partial charge in [0.05, 0.1) is 13.5 Å². The van der Waals surface area contributed by atoms with Crippen LogP contribution in [0.15, 0.2) is 48.5 Å². The average Bonchev–Trinajstić information content (AvgIpc) is 2.83. The van der Waals surface area contributed by atoms with Gasteiger partial charge in [-0.15, -0.1) is 0 Å². The Morgan fingerprint density at radius 1 is 1.00 bits per heavy atom. The lowest BCUT2D eigenvalue weighted by molar-refractivity contribution is -0.129. The number of halogens is 1. The van der Waals surface area contributed by atoms with E-state index < -0.39 is 6.04 Å². The van der Waals surface area contributed by atoms with Crippen molar-refractivity contribution < 1.29 is 18.7 Å². The molecular formula is C26H34FN3O3. The number of nitrogens with one attached hydrogen (secondary N) is 3. The minimum Gasteiger partial charge on any atom is -0.497 e. The Morgan fingerprint density at radius 3 is 2.36 bits per heavy atom. The van der Waals surface area contributed by atoms with Gasteiger partial charge in [0.2, 0.25) is 11.8 Å². The molecule has 0 aliphatic heterocycles. The van der Waals surface area contributed by atoms with E-state index in [-0.39, 0.29) is 24.1 Å². The minimum atomic E-state index is -0.551. The van der Waals surface area contributed by atoms with Gasteiger partial charge >= 0.3 is 0 Å². The van der Waals surface area contributed by atoms with Gasteiger partial charge in [-0.3, -0.25) is 9.59 Å². The van der Waals surface area contributed by atoms with Crippen molar-refractivity contribution in [2.45, 2.75) is 51.0 Å². The topological polar surface area (TPSA) is 79.5 Å². The van der Waals surface area contributed by atoms with Gasteiger partial charge in [0.15, 0.2) is 0 Å². The molecule has 0 saturated heterocycles. The molecule has 7 heteroatoms. The summed E-state index contributed by atoms with van der Waals surface area (Å²) in [6.45, 7) is 0.916. The van der Waals surface area contributed by atoms with Crippen LogP contribution < -0.4 is 20.7 Å². The molecule has 0 spiro atoms. The van der Waals surface area contributed by atoms with Gasteiger partial charge in [-0.05, 0) is 54.3 Å². The number of ether oxygens (including phenoxy) is 1. The van der Waals surface area contributed by atoms with Crippen molar-refractivity contribution in [3.05, 3.63) is 59.9 Å².